The fourth-order valence-electron chi connectivity index (χ4n) is 3.06. The van der Waals surface area contributed by atoms with Crippen molar-refractivity contribution in [3.05, 3.63) is 52.7 Å². The molecule has 26 heavy (non-hydrogen) atoms. The fourth-order valence-corrected chi connectivity index (χ4v) is 3.73. The quantitative estimate of drug-likeness (QED) is 0.577. The van der Waals surface area contributed by atoms with Crippen molar-refractivity contribution in [2.24, 2.45) is 7.05 Å². The van der Waals surface area contributed by atoms with E-state index in [0.717, 1.165) is 44.4 Å². The van der Waals surface area contributed by atoms with Crippen LogP contribution in [0.4, 0.5) is 5.69 Å². The molecule has 132 valence electrons. The van der Waals surface area contributed by atoms with Gasteiger partial charge >= 0.3 is 0 Å². The van der Waals surface area contributed by atoms with Crippen LogP contribution in [0.15, 0.2) is 35.7 Å². The molecule has 0 aliphatic heterocycles. The van der Waals surface area contributed by atoms with Gasteiger partial charge in [-0.15, -0.1) is 11.3 Å². The van der Waals surface area contributed by atoms with Gasteiger partial charge in [0, 0.05) is 24.0 Å². The zero-order valence-electron chi connectivity index (χ0n) is 14.8. The Labute approximate surface area is 154 Å². The Kier molecular flexibility index (Phi) is 4.08. The molecule has 0 fully saturated rings. The summed E-state index contributed by atoms with van der Waals surface area (Å²) >= 11 is 1.64. The molecule has 1 amide bonds. The van der Waals surface area contributed by atoms with Gasteiger partial charge < -0.3 is 10.3 Å². The highest BCUT2D eigenvalue weighted by molar-refractivity contribution is 7.13. The molecule has 0 unspecified atom stereocenters. The van der Waals surface area contributed by atoms with Crippen LogP contribution in [-0.4, -0.2) is 25.7 Å². The lowest BCUT2D eigenvalue weighted by Gasteiger charge is -2.06. The molecule has 6 nitrogen and oxygen atoms in total. The van der Waals surface area contributed by atoms with Crippen molar-refractivity contribution in [1.82, 2.24) is 19.7 Å². The molecule has 0 bridgehead atoms. The number of imidazole rings is 1. The lowest BCUT2D eigenvalue weighted by molar-refractivity contribution is -0.115. The predicted molar refractivity (Wildman–Crippen MR) is 104 cm³/mol. The van der Waals surface area contributed by atoms with E-state index >= 15 is 0 Å². The van der Waals surface area contributed by atoms with E-state index in [1.165, 1.54) is 0 Å². The summed E-state index contributed by atoms with van der Waals surface area (Å²) < 4.78 is 1.81. The predicted octanol–water partition coefficient (Wildman–Crippen LogP) is 3.82. The largest absolute Gasteiger partial charge is 0.337 e. The van der Waals surface area contributed by atoms with E-state index in [1.807, 2.05) is 56.6 Å². The molecule has 4 rings (SSSR count). The average molecular weight is 365 g/mol. The summed E-state index contributed by atoms with van der Waals surface area (Å²) in [5.74, 6) is 0.793. The second-order valence-corrected chi connectivity index (χ2v) is 7.24. The summed E-state index contributed by atoms with van der Waals surface area (Å²) in [7, 11) is 1.89. The minimum atomic E-state index is -0.0541. The maximum atomic E-state index is 12.5. The van der Waals surface area contributed by atoms with Crippen LogP contribution in [-0.2, 0) is 18.3 Å². The minimum Gasteiger partial charge on any atom is -0.337 e. The Balaban J connectivity index is 1.54. The summed E-state index contributed by atoms with van der Waals surface area (Å²) in [5, 5.41) is 9.36. The third kappa shape index (κ3) is 3.01. The molecule has 0 atom stereocenters. The number of hydrogen-bond donors (Lipinski definition) is 2. The molecular weight excluding hydrogens is 346 g/mol. The highest BCUT2D eigenvalue weighted by Crippen LogP contribution is 2.26. The van der Waals surface area contributed by atoms with E-state index in [9.17, 15) is 4.79 Å². The maximum Gasteiger partial charge on any atom is 0.228 e. The molecule has 0 saturated carbocycles. The molecule has 0 aliphatic carbocycles. The molecule has 4 aromatic rings. The number of nitrogens with one attached hydrogen (secondary N) is 2. The lowest BCUT2D eigenvalue weighted by Crippen LogP contribution is -2.15. The highest BCUT2D eigenvalue weighted by atomic mass is 32.1. The van der Waals surface area contributed by atoms with Gasteiger partial charge in [-0.2, -0.15) is 5.10 Å². The number of H-pyrrole nitrogens is 1. The summed E-state index contributed by atoms with van der Waals surface area (Å²) in [6.45, 7) is 3.91. The van der Waals surface area contributed by atoms with Crippen LogP contribution in [0.25, 0.3) is 21.7 Å². The standard InChI is InChI=1S/C19H19N5OS/c1-11-14(12(2)24(3)23-11)10-18(25)20-13-6-7-15-16(9-13)22-19(21-15)17-5-4-8-26-17/h4-9H,10H2,1-3H3,(H,20,25)(H,21,22). The van der Waals surface area contributed by atoms with Crippen LogP contribution in [0, 0.1) is 13.8 Å². The summed E-state index contributed by atoms with van der Waals surface area (Å²) in [4.78, 5) is 21.5. The summed E-state index contributed by atoms with van der Waals surface area (Å²) in [5.41, 5.74) is 5.42. The number of aromatic amines is 1. The normalized spacial score (nSPS) is 11.2. The second-order valence-electron chi connectivity index (χ2n) is 6.29. The first-order valence-corrected chi connectivity index (χ1v) is 9.22. The first-order valence-electron chi connectivity index (χ1n) is 8.34. The van der Waals surface area contributed by atoms with Crippen LogP contribution < -0.4 is 5.32 Å². The van der Waals surface area contributed by atoms with Gasteiger partial charge in [0.2, 0.25) is 5.91 Å². The molecule has 0 spiro atoms. The topological polar surface area (TPSA) is 75.6 Å². The number of benzene rings is 1. The summed E-state index contributed by atoms with van der Waals surface area (Å²) in [6.07, 6.45) is 0.312. The van der Waals surface area contributed by atoms with Crippen molar-refractivity contribution in [2.45, 2.75) is 20.3 Å². The first-order chi connectivity index (χ1) is 12.5. The Morgan fingerprint density at radius 2 is 2.15 bits per heavy atom. The molecule has 1 aromatic carbocycles. The number of thiophene rings is 1. The minimum absolute atomic E-state index is 0.0541. The van der Waals surface area contributed by atoms with Gasteiger partial charge in [-0.1, -0.05) is 6.07 Å². The zero-order valence-corrected chi connectivity index (χ0v) is 15.6. The second kappa shape index (κ2) is 6.42. The number of fused-ring (bicyclic) bond motifs is 1. The van der Waals surface area contributed by atoms with Gasteiger partial charge in [-0.3, -0.25) is 9.48 Å². The SMILES string of the molecule is Cc1nn(C)c(C)c1CC(=O)Nc1ccc2nc(-c3cccs3)[nH]c2c1. The van der Waals surface area contributed by atoms with Crippen LogP contribution >= 0.6 is 11.3 Å². The van der Waals surface area contributed by atoms with E-state index in [0.29, 0.717) is 6.42 Å². The van der Waals surface area contributed by atoms with Gasteiger partial charge in [0.25, 0.3) is 0 Å². The van der Waals surface area contributed by atoms with E-state index in [1.54, 1.807) is 16.0 Å². The first kappa shape index (κ1) is 16.5. The number of carbonyl (C=O) groups is 1. The van der Waals surface area contributed by atoms with Crippen molar-refractivity contribution < 1.29 is 4.79 Å². The Morgan fingerprint density at radius 3 is 2.85 bits per heavy atom. The van der Waals surface area contributed by atoms with Crippen LogP contribution in [0.2, 0.25) is 0 Å². The van der Waals surface area contributed by atoms with Gasteiger partial charge in [-0.25, -0.2) is 4.98 Å². The third-order valence-electron chi connectivity index (χ3n) is 4.52. The maximum absolute atomic E-state index is 12.5. The number of aromatic nitrogens is 4. The van der Waals surface area contributed by atoms with E-state index < -0.39 is 0 Å². The fraction of sp³-hybridized carbons (Fsp3) is 0.211. The van der Waals surface area contributed by atoms with Crippen LogP contribution in [0.1, 0.15) is 17.0 Å². The number of aryl methyl sites for hydroxylation is 2. The Hall–Kier alpha value is -2.93. The molecule has 0 aliphatic rings. The molecular formula is C19H19N5OS. The number of carbonyl (C=O) groups excluding carboxylic acids is 1. The van der Waals surface area contributed by atoms with Crippen molar-refractivity contribution in [2.75, 3.05) is 5.32 Å². The molecule has 7 heteroatoms. The molecule has 0 saturated heterocycles. The highest BCUT2D eigenvalue weighted by Gasteiger charge is 2.14. The monoisotopic (exact) mass is 365 g/mol. The average Bonchev–Trinajstić information content (AvgIpc) is 3.31. The summed E-state index contributed by atoms with van der Waals surface area (Å²) in [6, 6.07) is 9.74. The van der Waals surface area contributed by atoms with Gasteiger partial charge in [0.1, 0.15) is 5.82 Å². The molecule has 3 aromatic heterocycles. The zero-order chi connectivity index (χ0) is 18.3. The smallest absolute Gasteiger partial charge is 0.228 e. The molecule has 3 heterocycles. The number of nitrogens with zero attached hydrogens (tertiary/aromatic N) is 3. The van der Waals surface area contributed by atoms with E-state index in [4.69, 9.17) is 0 Å². The third-order valence-corrected chi connectivity index (χ3v) is 5.39. The molecule has 2 N–H and O–H groups in total. The van der Waals surface area contributed by atoms with Crippen molar-refractivity contribution >= 4 is 34.0 Å². The number of hydrogen-bond acceptors (Lipinski definition) is 4. The van der Waals surface area contributed by atoms with Crippen LogP contribution in [0.5, 0.6) is 0 Å². The number of rotatable bonds is 4. The number of anilines is 1. The Bertz CT molecular complexity index is 1090. The number of amides is 1. The Morgan fingerprint density at radius 1 is 1.31 bits per heavy atom. The van der Waals surface area contributed by atoms with Crippen LogP contribution in [0.3, 0.4) is 0 Å². The van der Waals surface area contributed by atoms with Crippen molar-refractivity contribution in [3.63, 3.8) is 0 Å². The van der Waals surface area contributed by atoms with Gasteiger partial charge in [-0.05, 0) is 43.5 Å². The van der Waals surface area contributed by atoms with Gasteiger partial charge in [0.15, 0.2) is 0 Å². The lowest BCUT2D eigenvalue weighted by atomic mass is 10.1. The van der Waals surface area contributed by atoms with Gasteiger partial charge in [0.05, 0.1) is 28.0 Å². The van der Waals surface area contributed by atoms with E-state index in [-0.39, 0.29) is 5.91 Å². The van der Waals surface area contributed by atoms with Crippen molar-refractivity contribution in [1.29, 1.82) is 0 Å². The van der Waals surface area contributed by atoms with Crippen molar-refractivity contribution in [3.8, 4) is 10.7 Å². The molecule has 0 radical (unpaired) electrons. The van der Waals surface area contributed by atoms with E-state index in [2.05, 4.69) is 20.4 Å².